The van der Waals surface area contributed by atoms with Crippen molar-refractivity contribution in [2.75, 3.05) is 14.2 Å². The first-order valence-corrected chi connectivity index (χ1v) is 14.2. The van der Waals surface area contributed by atoms with E-state index in [0.717, 1.165) is 59.3 Å². The molecule has 0 amide bonds. The second kappa shape index (κ2) is 11.6. The van der Waals surface area contributed by atoms with Crippen LogP contribution in [-0.4, -0.2) is 41.2 Å². The first kappa shape index (κ1) is 28.1. The third kappa shape index (κ3) is 5.85. The van der Waals surface area contributed by atoms with Gasteiger partial charge < -0.3 is 14.6 Å². The molecule has 0 saturated heterocycles. The van der Waals surface area contributed by atoms with Gasteiger partial charge in [0.05, 0.1) is 19.2 Å². The summed E-state index contributed by atoms with van der Waals surface area (Å²) in [6.45, 7) is 6.73. The van der Waals surface area contributed by atoms with E-state index in [2.05, 4.69) is 55.0 Å². The lowest BCUT2D eigenvalue weighted by molar-refractivity contribution is -0.142. The summed E-state index contributed by atoms with van der Waals surface area (Å²) in [5.74, 6) is 0.0412. The molecule has 3 aromatic rings. The van der Waals surface area contributed by atoms with Crippen LogP contribution in [-0.2, 0) is 17.8 Å². The molecule has 3 atom stereocenters. The number of ether oxygens (including phenoxy) is 2. The first-order chi connectivity index (χ1) is 19.2. The smallest absolute Gasteiger partial charge is 0.306 e. The number of methoxy groups -OCH3 is 1. The highest BCUT2D eigenvalue weighted by atomic mass is 19.1. The highest BCUT2D eigenvalue weighted by molar-refractivity contribution is 5.71. The molecular weight excluding hydrogens is 507 g/mol. The summed E-state index contributed by atoms with van der Waals surface area (Å²) < 4.78 is 26.8. The van der Waals surface area contributed by atoms with Crippen LogP contribution in [0.4, 0.5) is 4.39 Å². The lowest BCUT2D eigenvalue weighted by atomic mass is 9.82. The number of rotatable bonds is 10. The van der Waals surface area contributed by atoms with Gasteiger partial charge in [-0.25, -0.2) is 9.37 Å². The van der Waals surface area contributed by atoms with Gasteiger partial charge in [0, 0.05) is 24.2 Å². The predicted molar refractivity (Wildman–Crippen MR) is 153 cm³/mol. The number of halogens is 1. The van der Waals surface area contributed by atoms with Crippen LogP contribution in [0.25, 0.3) is 11.1 Å². The van der Waals surface area contributed by atoms with Crippen LogP contribution < -0.4 is 9.47 Å². The molecule has 212 valence electrons. The monoisotopic (exact) mass is 546 g/mol. The summed E-state index contributed by atoms with van der Waals surface area (Å²) in [5, 5.41) is 9.72. The van der Waals surface area contributed by atoms with E-state index in [9.17, 15) is 14.3 Å². The minimum absolute atomic E-state index is 0.00326. The van der Waals surface area contributed by atoms with E-state index in [1.807, 2.05) is 19.1 Å². The molecule has 0 spiro atoms. The number of carbonyl (C=O) groups is 1. The number of aryl methyl sites for hydroxylation is 1. The van der Waals surface area contributed by atoms with Crippen LogP contribution in [0.1, 0.15) is 74.3 Å². The van der Waals surface area contributed by atoms with Gasteiger partial charge in [0.1, 0.15) is 17.7 Å². The van der Waals surface area contributed by atoms with Crippen LogP contribution in [0.15, 0.2) is 48.7 Å². The van der Waals surface area contributed by atoms with Crippen molar-refractivity contribution in [2.24, 2.45) is 11.8 Å². The summed E-state index contributed by atoms with van der Waals surface area (Å²) in [7, 11) is 3.59. The Bertz CT molecular complexity index is 1390. The van der Waals surface area contributed by atoms with Crippen molar-refractivity contribution in [1.29, 1.82) is 0 Å². The lowest BCUT2D eigenvalue weighted by Crippen LogP contribution is -2.26. The van der Waals surface area contributed by atoms with E-state index < -0.39 is 17.7 Å². The standard InChI is InChI=1S/C33H39FN2O4/c1-19(2)36(4)18-25-14-23(10-12-26(25)27-16-31(39-5)35-17-28(27)34)29-13-11-21-6-9-24(15-30(21)40-29)32(22-7-8-22)20(3)33(37)38/h6,9-10,12,14-17,19-20,22,29,32H,7-8,11,13,18H2,1-5H3,(H,37,38)/t20-,29?,32-/m0/s1. The third-order valence-electron chi connectivity index (χ3n) is 8.61. The summed E-state index contributed by atoms with van der Waals surface area (Å²) >= 11 is 0. The Morgan fingerprint density at radius 1 is 1.12 bits per heavy atom. The van der Waals surface area contributed by atoms with Gasteiger partial charge in [0.25, 0.3) is 0 Å². The molecule has 1 aliphatic carbocycles. The summed E-state index contributed by atoms with van der Waals surface area (Å²) in [6, 6.07) is 14.4. The van der Waals surface area contributed by atoms with Crippen molar-refractivity contribution in [2.45, 2.75) is 71.1 Å². The molecule has 6 nitrogen and oxygen atoms in total. The van der Waals surface area contributed by atoms with Gasteiger partial charge in [-0.2, -0.15) is 0 Å². The van der Waals surface area contributed by atoms with Crippen LogP contribution in [0.5, 0.6) is 11.6 Å². The minimum Gasteiger partial charge on any atom is -0.485 e. The number of aliphatic carboxylic acids is 1. The number of fused-ring (bicyclic) bond motifs is 1. The van der Waals surface area contributed by atoms with Gasteiger partial charge in [-0.15, -0.1) is 0 Å². The molecule has 1 fully saturated rings. The fourth-order valence-electron chi connectivity index (χ4n) is 5.80. The fourth-order valence-corrected chi connectivity index (χ4v) is 5.80. The zero-order valence-electron chi connectivity index (χ0n) is 24.0. The quantitative estimate of drug-likeness (QED) is 0.295. The van der Waals surface area contributed by atoms with E-state index in [4.69, 9.17) is 9.47 Å². The SMILES string of the molecule is COc1cc(-c2ccc(C3CCc4ccc([C@H](C5CC5)[C@H](C)C(=O)O)cc4O3)cc2CN(C)C(C)C)c(F)cn1. The molecule has 2 aromatic carbocycles. The Kier molecular flexibility index (Phi) is 8.13. The molecular formula is C33H39FN2O4. The molecule has 1 saturated carbocycles. The number of pyridine rings is 1. The molecule has 2 aliphatic rings. The Morgan fingerprint density at radius 2 is 1.90 bits per heavy atom. The van der Waals surface area contributed by atoms with E-state index >= 15 is 0 Å². The average molecular weight is 547 g/mol. The van der Waals surface area contributed by atoms with Gasteiger partial charge in [0.2, 0.25) is 5.88 Å². The van der Waals surface area contributed by atoms with Gasteiger partial charge in [-0.3, -0.25) is 9.69 Å². The van der Waals surface area contributed by atoms with E-state index in [1.54, 1.807) is 6.07 Å². The molecule has 1 aliphatic heterocycles. The van der Waals surface area contributed by atoms with E-state index in [-0.39, 0.29) is 12.0 Å². The van der Waals surface area contributed by atoms with Crippen molar-refractivity contribution in [3.63, 3.8) is 0 Å². The number of aromatic nitrogens is 1. The van der Waals surface area contributed by atoms with Crippen LogP contribution in [0.3, 0.4) is 0 Å². The average Bonchev–Trinajstić information content (AvgIpc) is 3.78. The van der Waals surface area contributed by atoms with Gasteiger partial charge in [-0.1, -0.05) is 37.3 Å². The van der Waals surface area contributed by atoms with Crippen molar-refractivity contribution >= 4 is 5.97 Å². The number of carboxylic acid groups (broad SMARTS) is 1. The van der Waals surface area contributed by atoms with Crippen molar-refractivity contribution in [3.05, 3.63) is 76.7 Å². The normalized spacial score (nSPS) is 18.2. The summed E-state index contributed by atoms with van der Waals surface area (Å²) in [5.41, 5.74) is 5.53. The minimum atomic E-state index is -0.754. The maximum Gasteiger partial charge on any atom is 0.306 e. The zero-order valence-corrected chi connectivity index (χ0v) is 24.0. The second-order valence-corrected chi connectivity index (χ2v) is 11.6. The number of nitrogens with zero attached hydrogens (tertiary/aromatic N) is 2. The number of benzene rings is 2. The highest BCUT2D eigenvalue weighted by Crippen LogP contribution is 2.48. The van der Waals surface area contributed by atoms with Crippen LogP contribution >= 0.6 is 0 Å². The number of carboxylic acids is 1. The van der Waals surface area contributed by atoms with E-state index in [1.165, 1.54) is 13.3 Å². The molecule has 1 N–H and O–H groups in total. The third-order valence-corrected chi connectivity index (χ3v) is 8.61. The highest BCUT2D eigenvalue weighted by Gasteiger charge is 2.39. The second-order valence-electron chi connectivity index (χ2n) is 11.6. The van der Waals surface area contributed by atoms with Crippen molar-refractivity contribution in [3.8, 4) is 22.8 Å². The number of hydrogen-bond acceptors (Lipinski definition) is 5. The first-order valence-electron chi connectivity index (χ1n) is 14.2. The largest absolute Gasteiger partial charge is 0.485 e. The molecule has 2 heterocycles. The van der Waals surface area contributed by atoms with Crippen LogP contribution in [0, 0.1) is 17.7 Å². The Hall–Kier alpha value is -3.45. The zero-order chi connectivity index (χ0) is 28.6. The van der Waals surface area contributed by atoms with Gasteiger partial charge >= 0.3 is 5.97 Å². The Morgan fingerprint density at radius 3 is 2.58 bits per heavy atom. The topological polar surface area (TPSA) is 71.9 Å². The lowest BCUT2D eigenvalue weighted by Gasteiger charge is -2.30. The molecule has 40 heavy (non-hydrogen) atoms. The van der Waals surface area contributed by atoms with Gasteiger partial charge in [-0.05, 0) is 92.3 Å². The predicted octanol–water partition coefficient (Wildman–Crippen LogP) is 7.02. The Balaban J connectivity index is 1.47. The fraction of sp³-hybridized carbons (Fsp3) is 0.455. The molecule has 1 aromatic heterocycles. The molecule has 1 unspecified atom stereocenters. The number of hydrogen-bond donors (Lipinski definition) is 1. The summed E-state index contributed by atoms with van der Waals surface area (Å²) in [6.07, 6.45) is 4.92. The molecule has 0 radical (unpaired) electrons. The van der Waals surface area contributed by atoms with Crippen molar-refractivity contribution < 1.29 is 23.8 Å². The van der Waals surface area contributed by atoms with Crippen molar-refractivity contribution in [1.82, 2.24) is 9.88 Å². The van der Waals surface area contributed by atoms with E-state index in [0.29, 0.717) is 29.9 Å². The molecule has 7 heteroatoms. The Labute approximate surface area is 236 Å². The molecule has 5 rings (SSSR count). The maximum absolute atomic E-state index is 15.0. The molecule has 0 bridgehead atoms. The summed E-state index contributed by atoms with van der Waals surface area (Å²) in [4.78, 5) is 18.1. The van der Waals surface area contributed by atoms with Gasteiger partial charge in [0.15, 0.2) is 0 Å². The van der Waals surface area contributed by atoms with Crippen LogP contribution in [0.2, 0.25) is 0 Å². The maximum atomic E-state index is 15.0.